The molecule has 1 unspecified atom stereocenters. The van der Waals surface area contributed by atoms with E-state index in [1.54, 1.807) is 13.8 Å². The lowest BCUT2D eigenvalue weighted by atomic mass is 10.3. The van der Waals surface area contributed by atoms with Crippen LogP contribution in [0.15, 0.2) is 0 Å². The van der Waals surface area contributed by atoms with Crippen molar-refractivity contribution in [3.05, 3.63) is 0 Å². The van der Waals surface area contributed by atoms with E-state index in [9.17, 15) is 14.4 Å². The summed E-state index contributed by atoms with van der Waals surface area (Å²) in [5.41, 5.74) is 0. The highest BCUT2D eigenvalue weighted by Gasteiger charge is 2.11. The lowest BCUT2D eigenvalue weighted by Gasteiger charge is -2.04. The van der Waals surface area contributed by atoms with Gasteiger partial charge in [0.15, 0.2) is 6.10 Å². The predicted molar refractivity (Wildman–Crippen MR) is 55.9 cm³/mol. The number of carbonyl (C=O) groups is 3. The van der Waals surface area contributed by atoms with Crippen LogP contribution >= 0.6 is 0 Å². The predicted octanol–water partition coefficient (Wildman–Crippen LogP) is 0.370. The summed E-state index contributed by atoms with van der Waals surface area (Å²) in [6.45, 7) is 5.01. The van der Waals surface area contributed by atoms with Crippen LogP contribution in [0.2, 0.25) is 0 Å². The van der Waals surface area contributed by atoms with Gasteiger partial charge < -0.3 is 14.9 Å². The Morgan fingerprint density at radius 3 is 1.94 bits per heavy atom. The molecule has 0 aromatic rings. The molecule has 2 N–H and O–H groups in total. The average molecular weight is 234 g/mol. The number of hydrogen-bond donors (Lipinski definition) is 2. The second-order valence-electron chi connectivity index (χ2n) is 2.95. The van der Waals surface area contributed by atoms with Crippen LogP contribution in [-0.2, 0) is 19.1 Å². The zero-order valence-corrected chi connectivity index (χ0v) is 9.73. The molecular formula is C10H18O6. The van der Waals surface area contributed by atoms with Crippen molar-refractivity contribution >= 4 is 17.7 Å². The van der Waals surface area contributed by atoms with Gasteiger partial charge in [0.25, 0.3) is 0 Å². The fourth-order valence-corrected chi connectivity index (χ4v) is 0.618. The van der Waals surface area contributed by atoms with Crippen molar-refractivity contribution in [2.45, 2.75) is 39.7 Å². The minimum atomic E-state index is -1.06. The smallest absolute Gasteiger partial charge is 0.334 e. The molecule has 0 spiro atoms. The Kier molecular flexibility index (Phi) is 10.7. The van der Waals surface area contributed by atoms with Gasteiger partial charge in [-0.3, -0.25) is 9.59 Å². The van der Waals surface area contributed by atoms with E-state index in [1.807, 2.05) is 0 Å². The quantitative estimate of drug-likeness (QED) is 0.526. The first kappa shape index (κ1) is 17.0. The summed E-state index contributed by atoms with van der Waals surface area (Å²) >= 11 is 0. The van der Waals surface area contributed by atoms with Crippen LogP contribution < -0.4 is 0 Å². The van der Waals surface area contributed by atoms with Crippen LogP contribution in [0.3, 0.4) is 0 Å². The number of rotatable bonds is 5. The molecule has 0 rings (SSSR count). The summed E-state index contributed by atoms with van der Waals surface area (Å²) in [6, 6.07) is 0. The maximum atomic E-state index is 10.5. The Hall–Kier alpha value is -1.43. The third-order valence-electron chi connectivity index (χ3n) is 1.35. The number of ketones is 1. The first-order valence-electron chi connectivity index (χ1n) is 4.91. The van der Waals surface area contributed by atoms with Crippen molar-refractivity contribution in [1.82, 2.24) is 0 Å². The molecule has 0 aliphatic heterocycles. The number of esters is 1. The van der Waals surface area contributed by atoms with Gasteiger partial charge >= 0.3 is 11.9 Å². The Morgan fingerprint density at radius 1 is 1.25 bits per heavy atom. The van der Waals surface area contributed by atoms with Crippen molar-refractivity contribution in [1.29, 1.82) is 0 Å². The number of ether oxygens (including phenoxy) is 1. The molecule has 0 fully saturated rings. The molecule has 94 valence electrons. The zero-order chi connectivity index (χ0) is 13.1. The second-order valence-corrected chi connectivity index (χ2v) is 2.95. The molecular weight excluding hydrogens is 216 g/mol. The lowest BCUT2D eigenvalue weighted by molar-refractivity contribution is -0.153. The molecule has 1 atom stereocenters. The Morgan fingerprint density at radius 2 is 1.75 bits per heavy atom. The van der Waals surface area contributed by atoms with Gasteiger partial charge in [0.1, 0.15) is 12.2 Å². The second kappa shape index (κ2) is 10.1. The Balaban J connectivity index is 0. The molecule has 0 bridgehead atoms. The molecule has 0 aliphatic rings. The van der Waals surface area contributed by atoms with Crippen LogP contribution in [0.5, 0.6) is 0 Å². The molecule has 0 aromatic heterocycles. The van der Waals surface area contributed by atoms with E-state index < -0.39 is 18.0 Å². The van der Waals surface area contributed by atoms with E-state index in [2.05, 4.69) is 4.74 Å². The van der Waals surface area contributed by atoms with Gasteiger partial charge in [0.05, 0.1) is 6.61 Å². The summed E-state index contributed by atoms with van der Waals surface area (Å²) in [5, 5.41) is 16.6. The normalized spacial score (nSPS) is 10.8. The van der Waals surface area contributed by atoms with E-state index in [0.29, 0.717) is 13.0 Å². The third kappa shape index (κ3) is 12.6. The van der Waals surface area contributed by atoms with Crippen molar-refractivity contribution in [3.8, 4) is 0 Å². The minimum absolute atomic E-state index is 0.312. The molecule has 16 heavy (non-hydrogen) atoms. The van der Waals surface area contributed by atoms with Gasteiger partial charge in [-0.1, -0.05) is 6.92 Å². The van der Waals surface area contributed by atoms with E-state index in [4.69, 9.17) is 10.2 Å². The highest BCUT2D eigenvalue weighted by atomic mass is 16.5. The standard InChI is InChI=1S/C6H12O3.C4H6O3/c1-3-5(7)6(8)9-4-2;1-3(5)2-4(6)7/h5,7H,3-4H2,1-2H3;2H2,1H3,(H,6,7). The van der Waals surface area contributed by atoms with E-state index in [0.717, 1.165) is 0 Å². The number of aliphatic carboxylic acids is 1. The number of carboxylic acids is 1. The minimum Gasteiger partial charge on any atom is -0.481 e. The molecule has 0 saturated carbocycles. The van der Waals surface area contributed by atoms with Crippen molar-refractivity contribution in [2.75, 3.05) is 6.61 Å². The maximum absolute atomic E-state index is 10.5. The number of aliphatic hydroxyl groups is 1. The molecule has 0 radical (unpaired) electrons. The first-order chi connectivity index (χ1) is 7.34. The molecule has 6 nitrogen and oxygen atoms in total. The van der Waals surface area contributed by atoms with Crippen LogP contribution in [0.1, 0.15) is 33.6 Å². The number of carbonyl (C=O) groups excluding carboxylic acids is 2. The lowest BCUT2D eigenvalue weighted by Crippen LogP contribution is -2.21. The molecule has 6 heteroatoms. The summed E-state index contributed by atoms with van der Waals surface area (Å²) in [6.07, 6.45) is -0.885. The zero-order valence-electron chi connectivity index (χ0n) is 9.73. The first-order valence-corrected chi connectivity index (χ1v) is 4.91. The van der Waals surface area contributed by atoms with Crippen LogP contribution in [0.25, 0.3) is 0 Å². The third-order valence-corrected chi connectivity index (χ3v) is 1.35. The van der Waals surface area contributed by atoms with Gasteiger partial charge in [0.2, 0.25) is 0 Å². The largest absolute Gasteiger partial charge is 0.481 e. The molecule has 0 aromatic carbocycles. The van der Waals surface area contributed by atoms with E-state index in [-0.39, 0.29) is 12.2 Å². The fraction of sp³-hybridized carbons (Fsp3) is 0.700. The summed E-state index contributed by atoms with van der Waals surface area (Å²) in [7, 11) is 0. The molecule has 0 saturated heterocycles. The number of aliphatic hydroxyl groups excluding tert-OH is 1. The van der Waals surface area contributed by atoms with Crippen LogP contribution in [0, 0.1) is 0 Å². The number of Topliss-reactive ketones (excluding diaryl/α,β-unsaturated/α-hetero) is 1. The van der Waals surface area contributed by atoms with Gasteiger partial charge in [-0.15, -0.1) is 0 Å². The van der Waals surface area contributed by atoms with E-state index in [1.165, 1.54) is 6.92 Å². The maximum Gasteiger partial charge on any atom is 0.334 e. The van der Waals surface area contributed by atoms with Crippen LogP contribution in [0.4, 0.5) is 0 Å². The number of carboxylic acid groups (broad SMARTS) is 1. The average Bonchev–Trinajstić information content (AvgIpc) is 2.15. The summed E-state index contributed by atoms with van der Waals surface area (Å²) < 4.78 is 4.51. The van der Waals surface area contributed by atoms with Crippen molar-refractivity contribution in [2.24, 2.45) is 0 Å². The molecule has 0 amide bonds. The highest BCUT2D eigenvalue weighted by Crippen LogP contribution is 1.92. The van der Waals surface area contributed by atoms with E-state index >= 15 is 0 Å². The van der Waals surface area contributed by atoms with Gasteiger partial charge in [-0.05, 0) is 20.3 Å². The van der Waals surface area contributed by atoms with Gasteiger partial charge in [0, 0.05) is 0 Å². The molecule has 0 aliphatic carbocycles. The monoisotopic (exact) mass is 234 g/mol. The van der Waals surface area contributed by atoms with Crippen LogP contribution in [-0.4, -0.2) is 40.6 Å². The highest BCUT2D eigenvalue weighted by molar-refractivity contribution is 5.93. The summed E-state index contributed by atoms with van der Waals surface area (Å²) in [4.78, 5) is 30.0. The summed E-state index contributed by atoms with van der Waals surface area (Å²) in [5.74, 6) is -1.90. The van der Waals surface area contributed by atoms with Gasteiger partial charge in [-0.2, -0.15) is 0 Å². The Labute approximate surface area is 94.2 Å². The van der Waals surface area contributed by atoms with Crippen molar-refractivity contribution in [3.63, 3.8) is 0 Å². The number of hydrogen-bond acceptors (Lipinski definition) is 5. The van der Waals surface area contributed by atoms with Gasteiger partial charge in [-0.25, -0.2) is 4.79 Å². The topological polar surface area (TPSA) is 101 Å². The molecule has 0 heterocycles. The SMILES string of the molecule is CC(=O)CC(=O)O.CCOC(=O)C(O)CC. The van der Waals surface area contributed by atoms with Crippen molar-refractivity contribution < 1.29 is 29.3 Å². The fourth-order valence-electron chi connectivity index (χ4n) is 0.618. The Bertz CT molecular complexity index is 223.